The predicted molar refractivity (Wildman–Crippen MR) is 99.6 cm³/mol. The van der Waals surface area contributed by atoms with E-state index in [9.17, 15) is 9.59 Å². The second-order valence-corrected chi connectivity index (χ2v) is 6.40. The molecule has 0 saturated heterocycles. The molecular formula is C20H23N3O3. The van der Waals surface area contributed by atoms with E-state index < -0.39 is 5.97 Å². The average Bonchev–Trinajstić information content (AvgIpc) is 2.69. The number of para-hydroxylation sites is 1. The molecule has 0 radical (unpaired) electrons. The SMILES string of the molecule is COC(=O)c1ccccc1Nc1ccc(C(=O)NC2CCCCC2)cn1. The van der Waals surface area contributed by atoms with Crippen molar-refractivity contribution in [3.05, 3.63) is 53.7 Å². The minimum Gasteiger partial charge on any atom is -0.465 e. The Kier molecular flexibility index (Phi) is 5.84. The number of methoxy groups -OCH3 is 1. The first-order valence-corrected chi connectivity index (χ1v) is 8.88. The molecule has 1 saturated carbocycles. The molecule has 0 atom stereocenters. The van der Waals surface area contributed by atoms with E-state index in [1.54, 1.807) is 36.5 Å². The normalized spacial score (nSPS) is 14.5. The molecule has 1 aromatic heterocycles. The summed E-state index contributed by atoms with van der Waals surface area (Å²) in [6, 6.07) is 10.8. The molecule has 0 unspecified atom stereocenters. The molecule has 1 heterocycles. The Labute approximate surface area is 153 Å². The van der Waals surface area contributed by atoms with Crippen molar-refractivity contribution in [3.63, 3.8) is 0 Å². The highest BCUT2D eigenvalue weighted by atomic mass is 16.5. The van der Waals surface area contributed by atoms with Crippen LogP contribution >= 0.6 is 0 Å². The van der Waals surface area contributed by atoms with Crippen molar-refractivity contribution in [3.8, 4) is 0 Å². The van der Waals surface area contributed by atoms with Crippen LogP contribution in [0.3, 0.4) is 0 Å². The Hall–Kier alpha value is -2.89. The minimum absolute atomic E-state index is 0.0917. The highest BCUT2D eigenvalue weighted by Gasteiger charge is 2.17. The van der Waals surface area contributed by atoms with E-state index in [2.05, 4.69) is 15.6 Å². The van der Waals surface area contributed by atoms with Gasteiger partial charge in [0.2, 0.25) is 0 Å². The molecule has 1 amide bonds. The highest BCUT2D eigenvalue weighted by molar-refractivity contribution is 5.96. The van der Waals surface area contributed by atoms with Crippen LogP contribution in [0.5, 0.6) is 0 Å². The maximum Gasteiger partial charge on any atom is 0.339 e. The zero-order chi connectivity index (χ0) is 18.4. The van der Waals surface area contributed by atoms with Crippen molar-refractivity contribution >= 4 is 23.4 Å². The second kappa shape index (κ2) is 8.47. The molecule has 2 aromatic rings. The number of rotatable bonds is 5. The van der Waals surface area contributed by atoms with Crippen LogP contribution in [-0.2, 0) is 4.74 Å². The number of pyridine rings is 1. The monoisotopic (exact) mass is 353 g/mol. The third kappa shape index (κ3) is 4.39. The van der Waals surface area contributed by atoms with Gasteiger partial charge in [-0.3, -0.25) is 4.79 Å². The Bertz CT molecular complexity index is 768. The number of amides is 1. The number of hydrogen-bond donors (Lipinski definition) is 2. The smallest absolute Gasteiger partial charge is 0.339 e. The molecule has 26 heavy (non-hydrogen) atoms. The van der Waals surface area contributed by atoms with E-state index in [1.165, 1.54) is 26.4 Å². The first-order chi connectivity index (χ1) is 12.7. The summed E-state index contributed by atoms with van der Waals surface area (Å²) in [6.45, 7) is 0. The summed E-state index contributed by atoms with van der Waals surface area (Å²) < 4.78 is 4.79. The van der Waals surface area contributed by atoms with Gasteiger partial charge in [-0.25, -0.2) is 9.78 Å². The number of esters is 1. The van der Waals surface area contributed by atoms with Gasteiger partial charge in [-0.1, -0.05) is 31.4 Å². The van der Waals surface area contributed by atoms with E-state index in [-0.39, 0.29) is 11.9 Å². The Morgan fingerprint density at radius 3 is 2.54 bits per heavy atom. The number of anilines is 2. The van der Waals surface area contributed by atoms with Crippen LogP contribution in [0.15, 0.2) is 42.6 Å². The fourth-order valence-corrected chi connectivity index (χ4v) is 3.14. The van der Waals surface area contributed by atoms with Gasteiger partial charge >= 0.3 is 5.97 Å². The quantitative estimate of drug-likeness (QED) is 0.802. The Balaban J connectivity index is 1.66. The van der Waals surface area contributed by atoms with Gasteiger partial charge in [-0.05, 0) is 37.1 Å². The van der Waals surface area contributed by atoms with Gasteiger partial charge in [0, 0.05) is 12.2 Å². The molecule has 1 aliphatic rings. The third-order valence-corrected chi connectivity index (χ3v) is 4.56. The molecule has 1 fully saturated rings. The molecule has 6 heteroatoms. The van der Waals surface area contributed by atoms with Crippen LogP contribution in [0.25, 0.3) is 0 Å². The molecule has 2 N–H and O–H groups in total. The van der Waals surface area contributed by atoms with Crippen molar-refractivity contribution in [2.75, 3.05) is 12.4 Å². The Morgan fingerprint density at radius 1 is 1.08 bits per heavy atom. The van der Waals surface area contributed by atoms with Crippen LogP contribution in [0.2, 0.25) is 0 Å². The lowest BCUT2D eigenvalue weighted by atomic mass is 9.95. The first kappa shape index (κ1) is 17.9. The van der Waals surface area contributed by atoms with Crippen LogP contribution in [-0.4, -0.2) is 30.0 Å². The van der Waals surface area contributed by atoms with Gasteiger partial charge < -0.3 is 15.4 Å². The fourth-order valence-electron chi connectivity index (χ4n) is 3.14. The molecule has 1 aliphatic carbocycles. The van der Waals surface area contributed by atoms with E-state index in [4.69, 9.17) is 4.74 Å². The summed E-state index contributed by atoms with van der Waals surface area (Å²) in [5.41, 5.74) is 1.56. The van der Waals surface area contributed by atoms with Crippen molar-refractivity contribution < 1.29 is 14.3 Å². The summed E-state index contributed by atoms with van der Waals surface area (Å²) in [4.78, 5) is 28.4. The molecule has 0 spiro atoms. The third-order valence-electron chi connectivity index (χ3n) is 4.56. The summed E-state index contributed by atoms with van der Waals surface area (Å²) >= 11 is 0. The van der Waals surface area contributed by atoms with E-state index in [0.29, 0.717) is 22.6 Å². The fraction of sp³-hybridized carbons (Fsp3) is 0.350. The zero-order valence-electron chi connectivity index (χ0n) is 14.8. The van der Waals surface area contributed by atoms with E-state index >= 15 is 0 Å². The second-order valence-electron chi connectivity index (χ2n) is 6.40. The summed E-state index contributed by atoms with van der Waals surface area (Å²) in [7, 11) is 1.34. The van der Waals surface area contributed by atoms with Gasteiger partial charge in [0.25, 0.3) is 5.91 Å². The van der Waals surface area contributed by atoms with E-state index in [0.717, 1.165) is 12.8 Å². The Morgan fingerprint density at radius 2 is 1.85 bits per heavy atom. The van der Waals surface area contributed by atoms with Gasteiger partial charge in [-0.15, -0.1) is 0 Å². The van der Waals surface area contributed by atoms with E-state index in [1.807, 2.05) is 6.07 Å². The first-order valence-electron chi connectivity index (χ1n) is 8.88. The van der Waals surface area contributed by atoms with Gasteiger partial charge in [0.1, 0.15) is 5.82 Å². The van der Waals surface area contributed by atoms with Crippen molar-refractivity contribution in [2.45, 2.75) is 38.1 Å². The molecule has 136 valence electrons. The maximum atomic E-state index is 12.3. The van der Waals surface area contributed by atoms with Crippen LogP contribution < -0.4 is 10.6 Å². The van der Waals surface area contributed by atoms with Crippen LogP contribution in [0.1, 0.15) is 52.8 Å². The molecule has 0 aliphatic heterocycles. The number of benzene rings is 1. The molecule has 1 aromatic carbocycles. The number of hydrogen-bond acceptors (Lipinski definition) is 5. The highest BCUT2D eigenvalue weighted by Crippen LogP contribution is 2.21. The topological polar surface area (TPSA) is 80.3 Å². The molecular weight excluding hydrogens is 330 g/mol. The van der Waals surface area contributed by atoms with Gasteiger partial charge in [0.15, 0.2) is 0 Å². The largest absolute Gasteiger partial charge is 0.465 e. The lowest BCUT2D eigenvalue weighted by Crippen LogP contribution is -2.36. The molecule has 0 bridgehead atoms. The standard InChI is InChI=1S/C20H23N3O3/c1-26-20(25)16-9-5-6-10-17(16)23-18-12-11-14(13-21-18)19(24)22-15-7-3-2-4-8-15/h5-6,9-13,15H,2-4,7-8H2,1H3,(H,21,23)(H,22,24). The van der Waals surface area contributed by atoms with Crippen molar-refractivity contribution in [1.29, 1.82) is 0 Å². The van der Waals surface area contributed by atoms with Gasteiger partial charge in [-0.2, -0.15) is 0 Å². The zero-order valence-corrected chi connectivity index (χ0v) is 14.8. The number of ether oxygens (including phenoxy) is 1. The average molecular weight is 353 g/mol. The number of nitrogens with zero attached hydrogens (tertiary/aromatic N) is 1. The molecule has 6 nitrogen and oxygen atoms in total. The summed E-state index contributed by atoms with van der Waals surface area (Å²) in [5, 5.41) is 6.17. The van der Waals surface area contributed by atoms with Crippen LogP contribution in [0, 0.1) is 0 Å². The minimum atomic E-state index is -0.420. The number of carbonyl (C=O) groups excluding carboxylic acids is 2. The van der Waals surface area contributed by atoms with Gasteiger partial charge in [0.05, 0.1) is 23.9 Å². The summed E-state index contributed by atoms with van der Waals surface area (Å²) in [5.74, 6) is 0.0399. The number of nitrogens with one attached hydrogen (secondary N) is 2. The van der Waals surface area contributed by atoms with Crippen molar-refractivity contribution in [2.24, 2.45) is 0 Å². The van der Waals surface area contributed by atoms with Crippen LogP contribution in [0.4, 0.5) is 11.5 Å². The lowest BCUT2D eigenvalue weighted by Gasteiger charge is -2.22. The summed E-state index contributed by atoms with van der Waals surface area (Å²) in [6.07, 6.45) is 7.23. The maximum absolute atomic E-state index is 12.3. The lowest BCUT2D eigenvalue weighted by molar-refractivity contribution is 0.0601. The number of aromatic nitrogens is 1. The predicted octanol–water partition coefficient (Wildman–Crippen LogP) is 3.67. The number of carbonyl (C=O) groups is 2. The van der Waals surface area contributed by atoms with Crippen molar-refractivity contribution in [1.82, 2.24) is 10.3 Å². The molecule has 3 rings (SSSR count).